The van der Waals surface area contributed by atoms with Gasteiger partial charge in [0.1, 0.15) is 11.5 Å². The molecular weight excluding hydrogens is 302 g/mol. The zero-order valence-corrected chi connectivity index (χ0v) is 13.1. The van der Waals surface area contributed by atoms with Gasteiger partial charge in [-0.1, -0.05) is 16.4 Å². The maximum Gasteiger partial charge on any atom is 0.224 e. The van der Waals surface area contributed by atoms with Gasteiger partial charge in [0.2, 0.25) is 5.91 Å². The van der Waals surface area contributed by atoms with E-state index < -0.39 is 0 Å². The summed E-state index contributed by atoms with van der Waals surface area (Å²) in [6.45, 7) is 3.95. The number of nitrogens with zero attached hydrogens (tertiary/aromatic N) is 2. The van der Waals surface area contributed by atoms with Crippen molar-refractivity contribution in [2.24, 2.45) is 0 Å². The molecule has 0 aliphatic carbocycles. The fourth-order valence-electron chi connectivity index (χ4n) is 2.10. The Morgan fingerprint density at radius 2 is 2.18 bits per heavy atom. The van der Waals surface area contributed by atoms with Crippen LogP contribution in [0.2, 0.25) is 0 Å². The van der Waals surface area contributed by atoms with Crippen molar-refractivity contribution in [2.75, 3.05) is 0 Å². The quantitative estimate of drug-likeness (QED) is 0.782. The average molecular weight is 317 g/mol. The topological polar surface area (TPSA) is 81.2 Å². The van der Waals surface area contributed by atoms with Crippen molar-refractivity contribution in [3.63, 3.8) is 0 Å². The summed E-state index contributed by atoms with van der Waals surface area (Å²) >= 11 is 1.58. The highest BCUT2D eigenvalue weighted by molar-refractivity contribution is 7.13. The zero-order valence-electron chi connectivity index (χ0n) is 12.3. The minimum atomic E-state index is -0.102. The molecule has 0 aromatic carbocycles. The van der Waals surface area contributed by atoms with Crippen LogP contribution in [0.1, 0.15) is 22.7 Å². The molecule has 0 radical (unpaired) electrons. The predicted octanol–water partition coefficient (Wildman–Crippen LogP) is 2.87. The van der Waals surface area contributed by atoms with Crippen molar-refractivity contribution in [1.29, 1.82) is 0 Å². The standard InChI is InChI=1S/C15H15N3O3S/c1-9-12(10(2)20-17-9)7-15(19)16-8-11-6-13(21-18-11)14-4-3-5-22-14/h3-6H,7-8H2,1-2H3,(H,16,19). The lowest BCUT2D eigenvalue weighted by Crippen LogP contribution is -2.25. The molecule has 0 fully saturated rings. The van der Waals surface area contributed by atoms with Gasteiger partial charge in [-0.3, -0.25) is 4.79 Å². The van der Waals surface area contributed by atoms with Gasteiger partial charge in [0.15, 0.2) is 5.76 Å². The van der Waals surface area contributed by atoms with Crippen LogP contribution in [0, 0.1) is 13.8 Å². The molecule has 3 aromatic heterocycles. The second-order valence-electron chi connectivity index (χ2n) is 4.92. The Hall–Kier alpha value is -2.41. The van der Waals surface area contributed by atoms with Crippen LogP contribution in [0.5, 0.6) is 0 Å². The van der Waals surface area contributed by atoms with Gasteiger partial charge in [-0.2, -0.15) is 0 Å². The highest BCUT2D eigenvalue weighted by Gasteiger charge is 2.14. The van der Waals surface area contributed by atoms with E-state index in [0.717, 1.165) is 16.1 Å². The predicted molar refractivity (Wildman–Crippen MR) is 81.3 cm³/mol. The van der Waals surface area contributed by atoms with E-state index in [1.165, 1.54) is 0 Å². The van der Waals surface area contributed by atoms with E-state index in [-0.39, 0.29) is 12.3 Å². The van der Waals surface area contributed by atoms with Gasteiger partial charge in [0, 0.05) is 11.6 Å². The van der Waals surface area contributed by atoms with Crippen LogP contribution >= 0.6 is 11.3 Å². The molecule has 1 N–H and O–H groups in total. The SMILES string of the molecule is Cc1noc(C)c1CC(=O)NCc1cc(-c2cccs2)on1. The van der Waals surface area contributed by atoms with Crippen LogP contribution in [-0.4, -0.2) is 16.2 Å². The Balaban J connectivity index is 1.57. The first-order valence-electron chi connectivity index (χ1n) is 6.81. The fourth-order valence-corrected chi connectivity index (χ4v) is 2.77. The molecule has 0 bridgehead atoms. The number of hydrogen-bond donors (Lipinski definition) is 1. The van der Waals surface area contributed by atoms with Crippen LogP contribution in [0.15, 0.2) is 32.6 Å². The smallest absolute Gasteiger partial charge is 0.224 e. The Kier molecular flexibility index (Phi) is 4.06. The second-order valence-corrected chi connectivity index (χ2v) is 5.86. The molecule has 0 saturated carbocycles. The summed E-state index contributed by atoms with van der Waals surface area (Å²) in [6, 6.07) is 5.75. The first-order chi connectivity index (χ1) is 10.6. The van der Waals surface area contributed by atoms with Crippen LogP contribution in [-0.2, 0) is 17.8 Å². The van der Waals surface area contributed by atoms with Crippen molar-refractivity contribution in [3.8, 4) is 10.6 Å². The molecule has 6 nitrogen and oxygen atoms in total. The normalized spacial score (nSPS) is 10.8. The molecule has 114 valence electrons. The maximum absolute atomic E-state index is 12.0. The summed E-state index contributed by atoms with van der Waals surface area (Å²) in [4.78, 5) is 13.0. The number of aromatic nitrogens is 2. The monoisotopic (exact) mass is 317 g/mol. The summed E-state index contributed by atoms with van der Waals surface area (Å²) in [5.74, 6) is 1.29. The first kappa shape index (κ1) is 14.5. The van der Waals surface area contributed by atoms with Crippen LogP contribution in [0.4, 0.5) is 0 Å². The Labute approximate surface area is 131 Å². The third-order valence-electron chi connectivity index (χ3n) is 3.31. The van der Waals surface area contributed by atoms with Gasteiger partial charge in [-0.15, -0.1) is 11.3 Å². The molecular formula is C15H15N3O3S. The summed E-state index contributed by atoms with van der Waals surface area (Å²) in [7, 11) is 0. The number of aryl methyl sites for hydroxylation is 2. The van der Waals surface area contributed by atoms with E-state index in [1.54, 1.807) is 18.3 Å². The number of rotatable bonds is 5. The zero-order chi connectivity index (χ0) is 15.5. The van der Waals surface area contributed by atoms with Crippen molar-refractivity contribution in [2.45, 2.75) is 26.8 Å². The van der Waals surface area contributed by atoms with Crippen molar-refractivity contribution < 1.29 is 13.8 Å². The number of thiophene rings is 1. The molecule has 0 unspecified atom stereocenters. The van der Waals surface area contributed by atoms with Crippen LogP contribution in [0.3, 0.4) is 0 Å². The average Bonchev–Trinajstić information content (AvgIpc) is 3.22. The first-order valence-corrected chi connectivity index (χ1v) is 7.69. The van der Waals surface area contributed by atoms with E-state index >= 15 is 0 Å². The lowest BCUT2D eigenvalue weighted by molar-refractivity contribution is -0.120. The van der Waals surface area contributed by atoms with Gasteiger partial charge in [-0.05, 0) is 25.3 Å². The molecule has 0 spiro atoms. The van der Waals surface area contributed by atoms with Crippen molar-refractivity contribution >= 4 is 17.2 Å². The van der Waals surface area contributed by atoms with Gasteiger partial charge < -0.3 is 14.4 Å². The van der Waals surface area contributed by atoms with Gasteiger partial charge in [-0.25, -0.2) is 0 Å². The number of hydrogen-bond acceptors (Lipinski definition) is 6. The number of nitrogens with one attached hydrogen (secondary N) is 1. The second kappa shape index (κ2) is 6.15. The molecule has 3 heterocycles. The Morgan fingerprint density at radius 1 is 1.32 bits per heavy atom. The van der Waals surface area contributed by atoms with Crippen molar-refractivity contribution in [3.05, 3.63) is 46.3 Å². The maximum atomic E-state index is 12.0. The number of carbonyl (C=O) groups is 1. The molecule has 22 heavy (non-hydrogen) atoms. The molecule has 3 aromatic rings. The third-order valence-corrected chi connectivity index (χ3v) is 4.19. The van der Waals surface area contributed by atoms with Crippen LogP contribution in [0.25, 0.3) is 10.6 Å². The highest BCUT2D eigenvalue weighted by Crippen LogP contribution is 2.25. The molecule has 0 aliphatic heterocycles. The van der Waals surface area contributed by atoms with Crippen molar-refractivity contribution in [1.82, 2.24) is 15.6 Å². The van der Waals surface area contributed by atoms with Gasteiger partial charge in [0.25, 0.3) is 0 Å². The van der Waals surface area contributed by atoms with Gasteiger partial charge >= 0.3 is 0 Å². The molecule has 0 aliphatic rings. The minimum Gasteiger partial charge on any atom is -0.361 e. The fraction of sp³-hybridized carbons (Fsp3) is 0.267. The number of carbonyl (C=O) groups excluding carboxylic acids is 1. The molecule has 0 saturated heterocycles. The van der Waals surface area contributed by atoms with E-state index in [4.69, 9.17) is 9.05 Å². The lowest BCUT2D eigenvalue weighted by atomic mass is 10.1. The molecule has 3 rings (SSSR count). The summed E-state index contributed by atoms with van der Waals surface area (Å²) in [5, 5.41) is 12.6. The van der Waals surface area contributed by atoms with E-state index in [2.05, 4.69) is 15.6 Å². The lowest BCUT2D eigenvalue weighted by Gasteiger charge is -2.02. The van der Waals surface area contributed by atoms with E-state index in [1.807, 2.05) is 30.5 Å². The summed E-state index contributed by atoms with van der Waals surface area (Å²) in [6.07, 6.45) is 0.247. The third kappa shape index (κ3) is 3.09. The van der Waals surface area contributed by atoms with E-state index in [9.17, 15) is 4.79 Å². The molecule has 0 atom stereocenters. The number of amides is 1. The Morgan fingerprint density at radius 3 is 2.86 bits per heavy atom. The molecule has 1 amide bonds. The Bertz CT molecular complexity index is 754. The summed E-state index contributed by atoms with van der Waals surface area (Å²) < 4.78 is 10.3. The largest absolute Gasteiger partial charge is 0.361 e. The van der Waals surface area contributed by atoms with E-state index in [0.29, 0.717) is 23.8 Å². The minimum absolute atomic E-state index is 0.102. The van der Waals surface area contributed by atoms with Gasteiger partial charge in [0.05, 0.1) is 23.5 Å². The highest BCUT2D eigenvalue weighted by atomic mass is 32.1. The van der Waals surface area contributed by atoms with Crippen LogP contribution < -0.4 is 5.32 Å². The molecule has 7 heteroatoms. The summed E-state index contributed by atoms with van der Waals surface area (Å²) in [5.41, 5.74) is 2.27.